The smallest absolute Gasteiger partial charge is 0.248 e. The van der Waals surface area contributed by atoms with Gasteiger partial charge in [0.15, 0.2) is 0 Å². The number of aryl methyl sites for hydroxylation is 1. The molecule has 0 saturated carbocycles. The largest absolute Gasteiger partial charge is 0.292 e. The molecule has 7 nitrogen and oxygen atoms in total. The highest BCUT2D eigenvalue weighted by molar-refractivity contribution is 9.10. The summed E-state index contributed by atoms with van der Waals surface area (Å²) < 4.78 is 4.05. The molecule has 3 aromatic rings. The van der Waals surface area contributed by atoms with E-state index in [1.54, 1.807) is 21.9 Å². The maximum Gasteiger partial charge on any atom is 0.248 e. The molecule has 2 aromatic heterocycles. The van der Waals surface area contributed by atoms with Gasteiger partial charge in [-0.15, -0.1) is 5.10 Å². The number of hydrogen-bond donors (Lipinski definition) is 1. The van der Waals surface area contributed by atoms with Gasteiger partial charge in [-0.05, 0) is 40.5 Å². The van der Waals surface area contributed by atoms with Crippen LogP contribution in [0.4, 0.5) is 5.95 Å². The third-order valence-corrected chi connectivity index (χ3v) is 4.23. The minimum absolute atomic E-state index is 0.0925. The fraction of sp³-hybridized carbons (Fsp3) is 0.200. The average molecular weight is 410 g/mol. The van der Waals surface area contributed by atoms with Crippen molar-refractivity contribution in [1.82, 2.24) is 24.5 Å². The Bertz CT molecular complexity index is 855. The Hall–Kier alpha value is -2.19. The van der Waals surface area contributed by atoms with Crippen LogP contribution < -0.4 is 5.32 Å². The Morgan fingerprint density at radius 2 is 2.17 bits per heavy atom. The third-order valence-electron chi connectivity index (χ3n) is 3.21. The molecule has 124 valence electrons. The van der Waals surface area contributed by atoms with Crippen molar-refractivity contribution in [3.05, 3.63) is 57.5 Å². The van der Waals surface area contributed by atoms with Crippen molar-refractivity contribution in [3.63, 3.8) is 0 Å². The first-order valence-electron chi connectivity index (χ1n) is 7.13. The fourth-order valence-electron chi connectivity index (χ4n) is 2.14. The molecule has 1 N–H and O–H groups in total. The molecule has 0 radical (unpaired) electrons. The van der Waals surface area contributed by atoms with Crippen LogP contribution in [0.1, 0.15) is 11.3 Å². The quantitative estimate of drug-likeness (QED) is 0.703. The lowest BCUT2D eigenvalue weighted by molar-refractivity contribution is -0.116. The van der Waals surface area contributed by atoms with Gasteiger partial charge in [-0.2, -0.15) is 5.10 Å². The molecule has 0 bridgehead atoms. The molecule has 0 fully saturated rings. The van der Waals surface area contributed by atoms with E-state index in [1.807, 2.05) is 31.2 Å². The number of halogens is 2. The number of hydrogen-bond acceptors (Lipinski definition) is 4. The summed E-state index contributed by atoms with van der Waals surface area (Å²) in [6.07, 6.45) is 3.31. The van der Waals surface area contributed by atoms with Gasteiger partial charge in [-0.1, -0.05) is 23.7 Å². The summed E-state index contributed by atoms with van der Waals surface area (Å²) in [5, 5.41) is 11.8. The molecule has 0 aliphatic heterocycles. The van der Waals surface area contributed by atoms with Crippen molar-refractivity contribution >= 4 is 39.4 Å². The summed E-state index contributed by atoms with van der Waals surface area (Å²) in [7, 11) is 0. The minimum Gasteiger partial charge on any atom is -0.292 e. The zero-order valence-electron chi connectivity index (χ0n) is 12.8. The van der Waals surface area contributed by atoms with Crippen molar-refractivity contribution < 1.29 is 4.79 Å². The number of benzene rings is 1. The van der Waals surface area contributed by atoms with Gasteiger partial charge >= 0.3 is 0 Å². The van der Waals surface area contributed by atoms with E-state index in [-0.39, 0.29) is 18.4 Å². The van der Waals surface area contributed by atoms with Gasteiger partial charge in [0.05, 0.1) is 16.7 Å². The van der Waals surface area contributed by atoms with E-state index in [4.69, 9.17) is 11.6 Å². The molecule has 0 aliphatic carbocycles. The predicted molar refractivity (Wildman–Crippen MR) is 93.9 cm³/mol. The van der Waals surface area contributed by atoms with Gasteiger partial charge < -0.3 is 0 Å². The van der Waals surface area contributed by atoms with E-state index < -0.39 is 0 Å². The summed E-state index contributed by atoms with van der Waals surface area (Å²) in [5.41, 5.74) is 1.83. The van der Waals surface area contributed by atoms with Crippen LogP contribution in [0, 0.1) is 6.92 Å². The molecule has 2 heterocycles. The van der Waals surface area contributed by atoms with Crippen LogP contribution in [0.15, 0.2) is 41.3 Å². The SMILES string of the molecule is Cc1nn(CC(=O)Nc2ncn(Cc3cccc(Cl)c3)n2)cc1Br. The number of nitrogens with one attached hydrogen (secondary N) is 1. The number of aromatic nitrogens is 5. The van der Waals surface area contributed by atoms with Crippen LogP contribution in [-0.4, -0.2) is 30.5 Å². The lowest BCUT2D eigenvalue weighted by Gasteiger charge is -2.02. The Kier molecular flexibility index (Phi) is 4.96. The second kappa shape index (κ2) is 7.14. The Labute approximate surface area is 151 Å². The van der Waals surface area contributed by atoms with Crippen LogP contribution >= 0.6 is 27.5 Å². The number of nitrogens with zero attached hydrogens (tertiary/aromatic N) is 5. The van der Waals surface area contributed by atoms with Crippen molar-refractivity contribution in [2.24, 2.45) is 0 Å². The molecule has 0 aliphatic rings. The second-order valence-corrected chi connectivity index (χ2v) is 6.49. The maximum absolute atomic E-state index is 12.0. The van der Waals surface area contributed by atoms with E-state index in [9.17, 15) is 4.79 Å². The lowest BCUT2D eigenvalue weighted by Crippen LogP contribution is -2.20. The molecular weight excluding hydrogens is 396 g/mol. The molecule has 0 unspecified atom stereocenters. The van der Waals surface area contributed by atoms with Crippen LogP contribution in [0.3, 0.4) is 0 Å². The van der Waals surface area contributed by atoms with Gasteiger partial charge in [0, 0.05) is 11.2 Å². The van der Waals surface area contributed by atoms with Crippen molar-refractivity contribution in [3.8, 4) is 0 Å². The highest BCUT2D eigenvalue weighted by Gasteiger charge is 2.10. The summed E-state index contributed by atoms with van der Waals surface area (Å²) in [5.74, 6) is 0.00970. The monoisotopic (exact) mass is 408 g/mol. The van der Waals surface area contributed by atoms with Gasteiger partial charge in [-0.25, -0.2) is 9.67 Å². The number of rotatable bonds is 5. The van der Waals surface area contributed by atoms with E-state index in [0.717, 1.165) is 15.7 Å². The first kappa shape index (κ1) is 16.7. The van der Waals surface area contributed by atoms with E-state index in [2.05, 4.69) is 36.4 Å². The standard InChI is InChI=1S/C15H14BrClN6O/c1-10-13(16)7-22(20-10)8-14(24)19-15-18-9-23(21-15)6-11-3-2-4-12(17)5-11/h2-5,7,9H,6,8H2,1H3,(H,19,21,24). The molecular formula is C15H14BrClN6O. The summed E-state index contributed by atoms with van der Waals surface area (Å²) >= 11 is 9.32. The summed E-state index contributed by atoms with van der Waals surface area (Å²) in [6, 6.07) is 7.50. The number of carbonyl (C=O) groups excluding carboxylic acids is 1. The molecule has 0 saturated heterocycles. The highest BCUT2D eigenvalue weighted by atomic mass is 79.9. The van der Waals surface area contributed by atoms with E-state index >= 15 is 0 Å². The Balaban J connectivity index is 1.60. The Morgan fingerprint density at radius 1 is 1.33 bits per heavy atom. The second-order valence-electron chi connectivity index (χ2n) is 5.20. The van der Waals surface area contributed by atoms with E-state index in [0.29, 0.717) is 11.6 Å². The third kappa shape index (κ3) is 4.21. The van der Waals surface area contributed by atoms with E-state index in [1.165, 1.54) is 0 Å². The molecule has 1 amide bonds. The normalized spacial score (nSPS) is 10.8. The predicted octanol–water partition coefficient (Wildman–Crippen LogP) is 2.89. The molecule has 0 atom stereocenters. The maximum atomic E-state index is 12.0. The average Bonchev–Trinajstić information content (AvgIpc) is 3.06. The highest BCUT2D eigenvalue weighted by Crippen LogP contribution is 2.13. The molecule has 1 aromatic carbocycles. The van der Waals surface area contributed by atoms with Crippen LogP contribution in [0.5, 0.6) is 0 Å². The first-order valence-corrected chi connectivity index (χ1v) is 8.30. The van der Waals surface area contributed by atoms with Crippen molar-refractivity contribution in [1.29, 1.82) is 0 Å². The van der Waals surface area contributed by atoms with Gasteiger partial charge in [0.1, 0.15) is 12.9 Å². The zero-order chi connectivity index (χ0) is 17.1. The molecule has 24 heavy (non-hydrogen) atoms. The summed E-state index contributed by atoms with van der Waals surface area (Å²) in [6.45, 7) is 2.47. The van der Waals surface area contributed by atoms with Crippen LogP contribution in [0.25, 0.3) is 0 Å². The van der Waals surface area contributed by atoms with Crippen LogP contribution in [0.2, 0.25) is 5.02 Å². The number of amides is 1. The minimum atomic E-state index is -0.245. The van der Waals surface area contributed by atoms with Gasteiger partial charge in [-0.3, -0.25) is 14.8 Å². The molecule has 9 heteroatoms. The fourth-order valence-corrected chi connectivity index (χ4v) is 2.66. The number of anilines is 1. The topological polar surface area (TPSA) is 77.6 Å². The van der Waals surface area contributed by atoms with Crippen LogP contribution in [-0.2, 0) is 17.9 Å². The summed E-state index contributed by atoms with van der Waals surface area (Å²) in [4.78, 5) is 16.1. The lowest BCUT2D eigenvalue weighted by atomic mass is 10.2. The zero-order valence-corrected chi connectivity index (χ0v) is 15.1. The van der Waals surface area contributed by atoms with Gasteiger partial charge in [0.2, 0.25) is 11.9 Å². The number of carbonyl (C=O) groups is 1. The Morgan fingerprint density at radius 3 is 2.88 bits per heavy atom. The van der Waals surface area contributed by atoms with Gasteiger partial charge in [0.25, 0.3) is 0 Å². The molecule has 0 spiro atoms. The first-order chi connectivity index (χ1) is 11.5. The molecule has 3 rings (SSSR count). The van der Waals surface area contributed by atoms with Crippen molar-refractivity contribution in [2.75, 3.05) is 5.32 Å². The van der Waals surface area contributed by atoms with Crippen molar-refractivity contribution in [2.45, 2.75) is 20.0 Å².